The highest BCUT2D eigenvalue weighted by atomic mass is 32.2. The van der Waals surface area contributed by atoms with E-state index in [9.17, 15) is 17.6 Å². The van der Waals surface area contributed by atoms with E-state index >= 15 is 0 Å². The van der Waals surface area contributed by atoms with Gasteiger partial charge >= 0.3 is 5.97 Å². The summed E-state index contributed by atoms with van der Waals surface area (Å²) in [6.07, 6.45) is 1.43. The summed E-state index contributed by atoms with van der Waals surface area (Å²) < 4.78 is 41.2. The minimum absolute atomic E-state index is 0.0798. The van der Waals surface area contributed by atoms with Gasteiger partial charge in [-0.25, -0.2) is 22.7 Å². The summed E-state index contributed by atoms with van der Waals surface area (Å²) in [6.45, 7) is 0.113. The van der Waals surface area contributed by atoms with Gasteiger partial charge in [-0.15, -0.1) is 0 Å². The van der Waals surface area contributed by atoms with Crippen molar-refractivity contribution >= 4 is 21.7 Å². The van der Waals surface area contributed by atoms with Gasteiger partial charge in [0, 0.05) is 0 Å². The van der Waals surface area contributed by atoms with E-state index in [1.165, 1.54) is 6.26 Å². The number of nitrogens with one attached hydrogen (secondary N) is 1. The third kappa shape index (κ3) is 3.38. The fraction of sp³-hybridized carbons (Fsp3) is 0.0833. The molecule has 0 bridgehead atoms. The van der Waals surface area contributed by atoms with Crippen molar-refractivity contribution in [2.45, 2.75) is 11.4 Å². The molecule has 4 N–H and O–H groups in total. The number of furan rings is 1. The van der Waals surface area contributed by atoms with E-state index in [0.717, 1.165) is 6.07 Å². The molecule has 0 amide bonds. The first-order valence-electron chi connectivity index (χ1n) is 5.65. The summed E-state index contributed by atoms with van der Waals surface area (Å²) in [5, 5.41) is 16.6. The van der Waals surface area contributed by atoms with E-state index in [4.69, 9.17) is 14.7 Å². The van der Waals surface area contributed by atoms with Crippen molar-refractivity contribution in [1.82, 2.24) is 0 Å². The van der Waals surface area contributed by atoms with Crippen molar-refractivity contribution in [3.63, 3.8) is 0 Å². The molecule has 21 heavy (non-hydrogen) atoms. The Bertz CT molecular complexity index is 771. The molecule has 0 aliphatic heterocycles. The average Bonchev–Trinajstić information content (AvgIpc) is 2.87. The average molecular weight is 314 g/mol. The minimum Gasteiger partial charge on any atom is -0.478 e. The summed E-state index contributed by atoms with van der Waals surface area (Å²) in [5.74, 6) is -2.05. The Labute approximate surface area is 119 Å². The molecule has 2 aromatic rings. The number of aromatic carboxylic acids is 1. The van der Waals surface area contributed by atoms with Gasteiger partial charge in [-0.1, -0.05) is 0 Å². The number of halogens is 1. The third-order valence-electron chi connectivity index (χ3n) is 2.64. The first kappa shape index (κ1) is 15.0. The van der Waals surface area contributed by atoms with Crippen LogP contribution in [0.4, 0.5) is 10.1 Å². The molecule has 0 aliphatic rings. The molecule has 1 heterocycles. The molecule has 9 heteroatoms. The van der Waals surface area contributed by atoms with E-state index in [0.29, 0.717) is 11.8 Å². The molecule has 2 rings (SSSR count). The Hall–Kier alpha value is -2.39. The van der Waals surface area contributed by atoms with Gasteiger partial charge in [0.1, 0.15) is 16.5 Å². The van der Waals surface area contributed by atoms with Crippen LogP contribution in [0, 0.1) is 5.82 Å². The predicted molar refractivity (Wildman–Crippen MR) is 70.8 cm³/mol. The summed E-state index contributed by atoms with van der Waals surface area (Å²) in [6, 6.07) is 4.73. The van der Waals surface area contributed by atoms with E-state index < -0.39 is 32.3 Å². The fourth-order valence-electron chi connectivity index (χ4n) is 1.69. The first-order valence-corrected chi connectivity index (χ1v) is 7.19. The molecular formula is C12H11FN2O5S. The number of hydrogen-bond donors (Lipinski definition) is 3. The van der Waals surface area contributed by atoms with Crippen molar-refractivity contribution in [2.75, 3.05) is 5.32 Å². The molecule has 0 saturated heterocycles. The number of carboxylic acids is 1. The lowest BCUT2D eigenvalue weighted by atomic mass is 10.1. The Morgan fingerprint density at radius 3 is 2.67 bits per heavy atom. The number of nitrogens with two attached hydrogens (primary N) is 1. The molecule has 0 aliphatic carbocycles. The van der Waals surface area contributed by atoms with Crippen molar-refractivity contribution in [3.8, 4) is 0 Å². The maximum Gasteiger partial charge on any atom is 0.337 e. The van der Waals surface area contributed by atoms with E-state index in [2.05, 4.69) is 5.32 Å². The summed E-state index contributed by atoms with van der Waals surface area (Å²) in [5.41, 5.74) is -0.490. The van der Waals surface area contributed by atoms with E-state index in [1.54, 1.807) is 12.1 Å². The van der Waals surface area contributed by atoms with Gasteiger partial charge in [0.05, 0.1) is 24.1 Å². The maximum atomic E-state index is 13.7. The van der Waals surface area contributed by atoms with Gasteiger partial charge in [-0.2, -0.15) is 0 Å². The number of hydrogen-bond acceptors (Lipinski definition) is 5. The summed E-state index contributed by atoms with van der Waals surface area (Å²) >= 11 is 0. The maximum absolute atomic E-state index is 13.7. The van der Waals surface area contributed by atoms with Crippen molar-refractivity contribution in [1.29, 1.82) is 0 Å². The zero-order valence-electron chi connectivity index (χ0n) is 10.5. The molecule has 0 fully saturated rings. The number of anilines is 1. The lowest BCUT2D eigenvalue weighted by Crippen LogP contribution is -2.16. The Morgan fingerprint density at radius 1 is 1.43 bits per heavy atom. The number of carboxylic acid groups (broad SMARTS) is 1. The number of carbonyl (C=O) groups is 1. The first-order chi connectivity index (χ1) is 9.79. The number of primary sulfonamides is 1. The second kappa shape index (κ2) is 5.54. The second-order valence-electron chi connectivity index (χ2n) is 4.11. The zero-order chi connectivity index (χ0) is 15.6. The molecule has 112 valence electrons. The van der Waals surface area contributed by atoms with Gasteiger partial charge in [0.25, 0.3) is 0 Å². The number of sulfonamides is 1. The number of benzene rings is 1. The molecule has 0 saturated carbocycles. The van der Waals surface area contributed by atoms with Crippen LogP contribution in [0.2, 0.25) is 0 Å². The largest absolute Gasteiger partial charge is 0.478 e. The van der Waals surface area contributed by atoms with Gasteiger partial charge in [-0.3, -0.25) is 0 Å². The normalized spacial score (nSPS) is 11.3. The topological polar surface area (TPSA) is 123 Å². The van der Waals surface area contributed by atoms with Crippen LogP contribution in [-0.2, 0) is 16.6 Å². The summed E-state index contributed by atoms with van der Waals surface area (Å²) in [7, 11) is -4.35. The second-order valence-corrected chi connectivity index (χ2v) is 5.64. The standard InChI is InChI=1S/C12H11FN2O5S/c13-9-5-10(15-6-7-2-1-3-20-7)8(12(16)17)4-11(9)21(14,18)19/h1-5,15H,6H2,(H,16,17)(H2,14,18,19). The smallest absolute Gasteiger partial charge is 0.337 e. The van der Waals surface area contributed by atoms with Crippen LogP contribution < -0.4 is 10.5 Å². The van der Waals surface area contributed by atoms with Gasteiger partial charge in [0.15, 0.2) is 0 Å². The lowest BCUT2D eigenvalue weighted by molar-refractivity contribution is 0.0697. The Morgan fingerprint density at radius 2 is 2.14 bits per heavy atom. The fourth-order valence-corrected chi connectivity index (χ4v) is 2.30. The molecule has 0 atom stereocenters. The van der Waals surface area contributed by atoms with Gasteiger partial charge < -0.3 is 14.8 Å². The highest BCUT2D eigenvalue weighted by Gasteiger charge is 2.21. The quantitative estimate of drug-likeness (QED) is 0.766. The minimum atomic E-state index is -4.35. The van der Waals surface area contributed by atoms with Gasteiger partial charge in [-0.05, 0) is 24.3 Å². The molecule has 0 spiro atoms. The molecule has 7 nitrogen and oxygen atoms in total. The highest BCUT2D eigenvalue weighted by Crippen LogP contribution is 2.24. The van der Waals surface area contributed by atoms with Crippen LogP contribution in [0.3, 0.4) is 0 Å². The Balaban J connectivity index is 2.41. The lowest BCUT2D eigenvalue weighted by Gasteiger charge is -2.11. The van der Waals surface area contributed by atoms with Crippen molar-refractivity contribution in [2.24, 2.45) is 5.14 Å². The van der Waals surface area contributed by atoms with Gasteiger partial charge in [0.2, 0.25) is 10.0 Å². The SMILES string of the molecule is NS(=O)(=O)c1cc(C(=O)O)c(NCc2ccco2)cc1F. The molecule has 1 aromatic carbocycles. The molecule has 1 aromatic heterocycles. The molecule has 0 unspecified atom stereocenters. The zero-order valence-corrected chi connectivity index (χ0v) is 11.4. The van der Waals surface area contributed by atoms with Crippen LogP contribution in [0.5, 0.6) is 0 Å². The monoisotopic (exact) mass is 314 g/mol. The van der Waals surface area contributed by atoms with E-state index in [-0.39, 0.29) is 12.2 Å². The summed E-state index contributed by atoms with van der Waals surface area (Å²) in [4.78, 5) is 10.3. The van der Waals surface area contributed by atoms with Crippen LogP contribution in [0.25, 0.3) is 0 Å². The predicted octanol–water partition coefficient (Wildman–Crippen LogP) is 1.38. The van der Waals surface area contributed by atoms with Crippen LogP contribution in [-0.4, -0.2) is 19.5 Å². The number of rotatable bonds is 5. The molecule has 0 radical (unpaired) electrons. The van der Waals surface area contributed by atoms with E-state index in [1.807, 2.05) is 0 Å². The highest BCUT2D eigenvalue weighted by molar-refractivity contribution is 7.89. The van der Waals surface area contributed by atoms with Crippen molar-refractivity contribution < 1.29 is 27.1 Å². The third-order valence-corrected chi connectivity index (χ3v) is 3.57. The van der Waals surface area contributed by atoms with Crippen LogP contribution in [0.15, 0.2) is 39.8 Å². The van der Waals surface area contributed by atoms with Crippen LogP contribution in [0.1, 0.15) is 16.1 Å². The van der Waals surface area contributed by atoms with Crippen molar-refractivity contribution in [3.05, 3.63) is 47.7 Å². The molecular weight excluding hydrogens is 303 g/mol. The Kier molecular flexibility index (Phi) is 3.96. The van der Waals surface area contributed by atoms with Crippen LogP contribution >= 0.6 is 0 Å².